The van der Waals surface area contributed by atoms with Gasteiger partial charge < -0.3 is 10.6 Å². The van der Waals surface area contributed by atoms with Crippen molar-refractivity contribution >= 4 is 28.4 Å². The van der Waals surface area contributed by atoms with Crippen molar-refractivity contribution in [3.63, 3.8) is 0 Å². The van der Waals surface area contributed by atoms with Gasteiger partial charge in [-0.05, 0) is 50.6 Å². The molecule has 1 aromatic heterocycles. The Labute approximate surface area is 146 Å². The third-order valence-electron chi connectivity index (χ3n) is 5.16. The quantitative estimate of drug-likeness (QED) is 0.732. The molecule has 0 bridgehead atoms. The Hall–Kier alpha value is -2.41. The summed E-state index contributed by atoms with van der Waals surface area (Å²) >= 11 is 0. The summed E-state index contributed by atoms with van der Waals surface area (Å²) in [6.07, 6.45) is 3.12. The maximum Gasteiger partial charge on any atom is 0.235 e. The van der Waals surface area contributed by atoms with E-state index in [1.807, 2.05) is 17.8 Å². The highest BCUT2D eigenvalue weighted by Gasteiger charge is 2.31. The summed E-state index contributed by atoms with van der Waals surface area (Å²) in [5.74, 6) is -0.798. The molecule has 1 unspecified atom stereocenters. The lowest BCUT2D eigenvalue weighted by atomic mass is 9.93. The number of fused-ring (bicyclic) bond motifs is 1. The van der Waals surface area contributed by atoms with E-state index >= 15 is 0 Å². The molecular weight excluding hydrogens is 318 g/mol. The van der Waals surface area contributed by atoms with Crippen LogP contribution in [-0.4, -0.2) is 40.7 Å². The van der Waals surface area contributed by atoms with E-state index < -0.39 is 0 Å². The van der Waals surface area contributed by atoms with E-state index in [0.717, 1.165) is 48.2 Å². The minimum atomic E-state index is -0.357. The lowest BCUT2D eigenvalue weighted by Crippen LogP contribution is -2.39. The number of aromatic nitrogens is 2. The number of rotatable bonds is 3. The van der Waals surface area contributed by atoms with Crippen molar-refractivity contribution in [3.05, 3.63) is 23.9 Å². The van der Waals surface area contributed by atoms with Gasteiger partial charge in [0.05, 0.1) is 17.1 Å². The fourth-order valence-electron chi connectivity index (χ4n) is 3.79. The summed E-state index contributed by atoms with van der Waals surface area (Å²) in [6, 6.07) is 6.67. The van der Waals surface area contributed by atoms with E-state index in [1.54, 1.807) is 0 Å². The Morgan fingerprint density at radius 1 is 1.20 bits per heavy atom. The minimum absolute atomic E-state index is 0.199. The van der Waals surface area contributed by atoms with Crippen LogP contribution in [0.2, 0.25) is 0 Å². The van der Waals surface area contributed by atoms with Gasteiger partial charge in [0.1, 0.15) is 0 Å². The van der Waals surface area contributed by atoms with Gasteiger partial charge in [-0.2, -0.15) is 5.10 Å². The standard InChI is InChI=1S/C18H23N5O2/c1-23-15-10-12(20-11-6-8-19-9-7-11)2-3-13(15)17(22-23)14-4-5-16(24)21-18(14)25/h2-3,10-11,14,19-20H,4-9H2,1H3,(H,21,24,25). The molecule has 2 aromatic rings. The number of anilines is 1. The molecule has 3 heterocycles. The number of hydrogen-bond donors (Lipinski definition) is 3. The first kappa shape index (κ1) is 16.1. The number of carbonyl (C=O) groups is 2. The van der Waals surface area contributed by atoms with Crippen molar-refractivity contribution in [2.45, 2.75) is 37.6 Å². The summed E-state index contributed by atoms with van der Waals surface area (Å²) in [5, 5.41) is 15.0. The van der Waals surface area contributed by atoms with Crippen molar-refractivity contribution in [2.75, 3.05) is 18.4 Å². The van der Waals surface area contributed by atoms with Crippen LogP contribution < -0.4 is 16.0 Å². The third-order valence-corrected chi connectivity index (χ3v) is 5.16. The van der Waals surface area contributed by atoms with Crippen LogP contribution in [0.15, 0.2) is 18.2 Å². The number of hydrogen-bond acceptors (Lipinski definition) is 5. The van der Waals surface area contributed by atoms with Crippen molar-refractivity contribution in [2.24, 2.45) is 7.05 Å². The van der Waals surface area contributed by atoms with Crippen molar-refractivity contribution in [1.82, 2.24) is 20.4 Å². The van der Waals surface area contributed by atoms with Crippen LogP contribution in [0, 0.1) is 0 Å². The highest BCUT2D eigenvalue weighted by molar-refractivity contribution is 6.02. The zero-order valence-electron chi connectivity index (χ0n) is 14.3. The average Bonchev–Trinajstić information content (AvgIpc) is 2.92. The molecule has 1 atom stereocenters. The number of aryl methyl sites for hydroxylation is 1. The van der Waals surface area contributed by atoms with E-state index in [-0.39, 0.29) is 17.7 Å². The van der Waals surface area contributed by atoms with Gasteiger partial charge in [0, 0.05) is 30.6 Å². The van der Waals surface area contributed by atoms with Gasteiger partial charge in [0.15, 0.2) is 0 Å². The summed E-state index contributed by atoms with van der Waals surface area (Å²) in [5.41, 5.74) is 2.84. The van der Waals surface area contributed by atoms with E-state index in [4.69, 9.17) is 0 Å². The van der Waals surface area contributed by atoms with Gasteiger partial charge in [-0.25, -0.2) is 0 Å². The van der Waals surface area contributed by atoms with Crippen molar-refractivity contribution in [3.8, 4) is 0 Å². The molecule has 2 aliphatic rings. The molecule has 7 heteroatoms. The lowest BCUT2D eigenvalue weighted by molar-refractivity contribution is -0.134. The first-order chi connectivity index (χ1) is 12.1. The molecule has 4 rings (SSSR count). The molecule has 2 fully saturated rings. The molecule has 25 heavy (non-hydrogen) atoms. The molecule has 3 N–H and O–H groups in total. The minimum Gasteiger partial charge on any atom is -0.382 e. The van der Waals surface area contributed by atoms with Gasteiger partial charge in [-0.1, -0.05) is 0 Å². The Bertz CT molecular complexity index is 822. The zero-order valence-corrected chi connectivity index (χ0v) is 14.3. The molecule has 0 radical (unpaired) electrons. The summed E-state index contributed by atoms with van der Waals surface area (Å²) in [6.45, 7) is 2.09. The third kappa shape index (κ3) is 3.11. The van der Waals surface area contributed by atoms with Crippen LogP contribution >= 0.6 is 0 Å². The number of nitrogens with one attached hydrogen (secondary N) is 3. The first-order valence-corrected chi connectivity index (χ1v) is 8.89. The van der Waals surface area contributed by atoms with Gasteiger partial charge >= 0.3 is 0 Å². The van der Waals surface area contributed by atoms with E-state index in [9.17, 15) is 9.59 Å². The summed E-state index contributed by atoms with van der Waals surface area (Å²) in [4.78, 5) is 23.6. The van der Waals surface area contributed by atoms with Gasteiger partial charge in [0.25, 0.3) is 0 Å². The van der Waals surface area contributed by atoms with Gasteiger partial charge in [0.2, 0.25) is 11.8 Å². The topological polar surface area (TPSA) is 88.0 Å². The van der Waals surface area contributed by atoms with E-state index in [0.29, 0.717) is 18.9 Å². The molecule has 0 saturated carbocycles. The second-order valence-electron chi connectivity index (χ2n) is 6.91. The lowest BCUT2D eigenvalue weighted by Gasteiger charge is -2.24. The molecule has 1 aromatic carbocycles. The van der Waals surface area contributed by atoms with Crippen LogP contribution in [0.25, 0.3) is 10.9 Å². The molecule has 132 valence electrons. The van der Waals surface area contributed by atoms with E-state index in [1.165, 1.54) is 0 Å². The van der Waals surface area contributed by atoms with Crippen LogP contribution in [0.5, 0.6) is 0 Å². The maximum atomic E-state index is 12.2. The number of piperidine rings is 2. The predicted molar refractivity (Wildman–Crippen MR) is 95.4 cm³/mol. The molecular formula is C18H23N5O2. The average molecular weight is 341 g/mol. The Balaban J connectivity index is 1.62. The molecule has 2 aliphatic heterocycles. The number of imide groups is 1. The summed E-state index contributed by atoms with van der Waals surface area (Å²) < 4.78 is 1.82. The molecule has 7 nitrogen and oxygen atoms in total. The second kappa shape index (κ2) is 6.48. The molecule has 2 saturated heterocycles. The largest absolute Gasteiger partial charge is 0.382 e. The Morgan fingerprint density at radius 3 is 2.76 bits per heavy atom. The van der Waals surface area contributed by atoms with E-state index in [2.05, 4.69) is 33.2 Å². The van der Waals surface area contributed by atoms with Gasteiger partial charge in [-0.15, -0.1) is 0 Å². The van der Waals surface area contributed by atoms with Crippen LogP contribution in [0.1, 0.15) is 37.3 Å². The highest BCUT2D eigenvalue weighted by atomic mass is 16.2. The van der Waals surface area contributed by atoms with Crippen LogP contribution in [-0.2, 0) is 16.6 Å². The van der Waals surface area contributed by atoms with Gasteiger partial charge in [-0.3, -0.25) is 19.6 Å². The fraction of sp³-hybridized carbons (Fsp3) is 0.500. The van der Waals surface area contributed by atoms with Crippen LogP contribution in [0.4, 0.5) is 5.69 Å². The maximum absolute atomic E-state index is 12.2. The first-order valence-electron chi connectivity index (χ1n) is 8.89. The van der Waals surface area contributed by atoms with Crippen molar-refractivity contribution < 1.29 is 9.59 Å². The monoisotopic (exact) mass is 341 g/mol. The number of amides is 2. The molecule has 0 spiro atoms. The van der Waals surface area contributed by atoms with Crippen molar-refractivity contribution in [1.29, 1.82) is 0 Å². The number of carbonyl (C=O) groups excluding carboxylic acids is 2. The SMILES string of the molecule is Cn1nc(C2CCC(=O)NC2=O)c2ccc(NC3CCNCC3)cc21. The predicted octanol–water partition coefficient (Wildman–Crippen LogP) is 1.26. The normalized spacial score (nSPS) is 22.2. The summed E-state index contributed by atoms with van der Waals surface area (Å²) in [7, 11) is 1.89. The second-order valence-corrected chi connectivity index (χ2v) is 6.91. The Morgan fingerprint density at radius 2 is 2.00 bits per heavy atom. The Kier molecular flexibility index (Phi) is 4.17. The highest BCUT2D eigenvalue weighted by Crippen LogP contribution is 2.31. The number of nitrogens with zero attached hydrogens (tertiary/aromatic N) is 2. The smallest absolute Gasteiger partial charge is 0.235 e. The molecule has 0 aliphatic carbocycles. The van der Waals surface area contributed by atoms with Crippen LogP contribution in [0.3, 0.4) is 0 Å². The fourth-order valence-corrected chi connectivity index (χ4v) is 3.79. The zero-order chi connectivity index (χ0) is 17.4. The molecule has 2 amide bonds. The number of benzene rings is 1.